The first-order valence-corrected chi connectivity index (χ1v) is 7.34. The number of aliphatic imine (C=N–C) groups is 1. The molecular weight excluding hydrogens is 272 g/mol. The number of nitrogens with zero attached hydrogens (tertiary/aromatic N) is 3. The summed E-state index contributed by atoms with van der Waals surface area (Å²) in [4.78, 5) is 8.87. The first kappa shape index (κ1) is 14.2. The van der Waals surface area contributed by atoms with E-state index in [1.54, 1.807) is 6.20 Å². The van der Waals surface area contributed by atoms with Gasteiger partial charge in [0.15, 0.2) is 0 Å². The molecule has 0 radical (unpaired) electrons. The fraction of sp³-hybridized carbons (Fsp3) is 0.167. The molecule has 0 aliphatic rings. The number of hydrogen-bond acceptors (Lipinski definition) is 3. The molecule has 0 bridgehead atoms. The molecule has 1 unspecified atom stereocenters. The third-order valence-electron chi connectivity index (χ3n) is 3.72. The molecule has 0 fully saturated rings. The summed E-state index contributed by atoms with van der Waals surface area (Å²) < 4.78 is 0. The lowest BCUT2D eigenvalue weighted by atomic mass is 9.91. The molecule has 1 aromatic carbocycles. The molecule has 4 heteroatoms. The molecule has 4 nitrogen and oxygen atoms in total. The minimum Gasteiger partial charge on any atom is -0.285 e. The molecule has 0 saturated heterocycles. The Bertz CT molecular complexity index is 775. The molecule has 1 N–H and O–H groups in total. The van der Waals surface area contributed by atoms with Crippen LogP contribution in [0.4, 0.5) is 5.69 Å². The van der Waals surface area contributed by atoms with Crippen molar-refractivity contribution >= 4 is 11.9 Å². The number of para-hydroxylation sites is 1. The van der Waals surface area contributed by atoms with Gasteiger partial charge in [-0.3, -0.25) is 15.1 Å². The van der Waals surface area contributed by atoms with Crippen molar-refractivity contribution in [2.24, 2.45) is 4.99 Å². The van der Waals surface area contributed by atoms with Crippen molar-refractivity contribution in [3.8, 4) is 11.4 Å². The average molecular weight is 290 g/mol. The molecule has 2 heterocycles. The van der Waals surface area contributed by atoms with E-state index in [-0.39, 0.29) is 5.92 Å². The Morgan fingerprint density at radius 2 is 1.91 bits per heavy atom. The van der Waals surface area contributed by atoms with E-state index in [1.165, 1.54) is 5.56 Å². The fourth-order valence-electron chi connectivity index (χ4n) is 2.62. The van der Waals surface area contributed by atoms with E-state index < -0.39 is 0 Å². The van der Waals surface area contributed by atoms with Crippen LogP contribution in [0.15, 0.2) is 59.9 Å². The summed E-state index contributed by atoms with van der Waals surface area (Å²) >= 11 is 0. The normalized spacial score (nSPS) is 12.6. The lowest BCUT2D eigenvalue weighted by Gasteiger charge is -2.14. The number of hydrogen-bond donors (Lipinski definition) is 1. The van der Waals surface area contributed by atoms with Gasteiger partial charge in [-0.2, -0.15) is 5.10 Å². The summed E-state index contributed by atoms with van der Waals surface area (Å²) in [6, 6.07) is 14.1. The predicted molar refractivity (Wildman–Crippen MR) is 89.6 cm³/mol. The number of aromatic nitrogens is 3. The van der Waals surface area contributed by atoms with Crippen LogP contribution in [0.25, 0.3) is 11.4 Å². The highest BCUT2D eigenvalue weighted by molar-refractivity contribution is 5.66. The Morgan fingerprint density at radius 3 is 2.68 bits per heavy atom. The van der Waals surface area contributed by atoms with Crippen LogP contribution in [0.3, 0.4) is 0 Å². The topological polar surface area (TPSA) is 53.9 Å². The van der Waals surface area contributed by atoms with Gasteiger partial charge < -0.3 is 0 Å². The van der Waals surface area contributed by atoms with E-state index in [1.807, 2.05) is 55.7 Å². The Hall–Kier alpha value is -2.75. The third-order valence-corrected chi connectivity index (χ3v) is 3.72. The van der Waals surface area contributed by atoms with E-state index in [0.717, 1.165) is 22.6 Å². The number of benzene rings is 1. The maximum absolute atomic E-state index is 4.47. The zero-order valence-corrected chi connectivity index (χ0v) is 12.7. The van der Waals surface area contributed by atoms with Gasteiger partial charge in [-0.15, -0.1) is 0 Å². The number of H-pyrrole nitrogens is 1. The Morgan fingerprint density at radius 1 is 1.09 bits per heavy atom. The predicted octanol–water partition coefficient (Wildman–Crippen LogP) is 4.35. The van der Waals surface area contributed by atoms with Gasteiger partial charge >= 0.3 is 0 Å². The molecule has 110 valence electrons. The van der Waals surface area contributed by atoms with Gasteiger partial charge in [-0.05, 0) is 30.7 Å². The highest BCUT2D eigenvalue weighted by atomic mass is 15.1. The van der Waals surface area contributed by atoms with Crippen LogP contribution in [0.1, 0.15) is 30.9 Å². The molecule has 3 rings (SSSR count). The largest absolute Gasteiger partial charge is 0.285 e. The Kier molecular flexibility index (Phi) is 4.10. The Balaban J connectivity index is 2.05. The van der Waals surface area contributed by atoms with E-state index in [0.29, 0.717) is 0 Å². The second-order valence-electron chi connectivity index (χ2n) is 5.07. The molecule has 2 aromatic heterocycles. The summed E-state index contributed by atoms with van der Waals surface area (Å²) in [7, 11) is 0. The van der Waals surface area contributed by atoms with Gasteiger partial charge in [-0.1, -0.05) is 31.2 Å². The standard InChI is InChI=1S/C18H18N4/c1-3-19-16-9-5-4-8-14(16)13(2)15-12-21-22-18(15)17-10-6-7-11-20-17/h3-13H,1-2H3,(H,21,22)/b19-3-. The van der Waals surface area contributed by atoms with Gasteiger partial charge in [0.2, 0.25) is 0 Å². The monoisotopic (exact) mass is 290 g/mol. The highest BCUT2D eigenvalue weighted by Gasteiger charge is 2.19. The van der Waals surface area contributed by atoms with Crippen molar-refractivity contribution in [1.29, 1.82) is 0 Å². The summed E-state index contributed by atoms with van der Waals surface area (Å²) in [5.41, 5.74) is 5.06. The van der Waals surface area contributed by atoms with Gasteiger partial charge in [0.1, 0.15) is 5.69 Å². The van der Waals surface area contributed by atoms with Crippen molar-refractivity contribution in [2.45, 2.75) is 19.8 Å². The van der Waals surface area contributed by atoms with Crippen LogP contribution in [0.5, 0.6) is 0 Å². The van der Waals surface area contributed by atoms with Crippen LogP contribution < -0.4 is 0 Å². The van der Waals surface area contributed by atoms with Crippen LogP contribution in [-0.2, 0) is 0 Å². The van der Waals surface area contributed by atoms with Gasteiger partial charge in [0.05, 0.1) is 11.4 Å². The number of rotatable bonds is 4. The molecule has 0 aliphatic carbocycles. The lowest BCUT2D eigenvalue weighted by Crippen LogP contribution is -1.98. The summed E-state index contributed by atoms with van der Waals surface area (Å²) in [5.74, 6) is 0.177. The van der Waals surface area contributed by atoms with E-state index in [4.69, 9.17) is 0 Å². The zero-order chi connectivity index (χ0) is 15.4. The molecule has 1 atom stereocenters. The second kappa shape index (κ2) is 6.35. The highest BCUT2D eigenvalue weighted by Crippen LogP contribution is 2.35. The van der Waals surface area contributed by atoms with Crippen LogP contribution >= 0.6 is 0 Å². The summed E-state index contributed by atoms with van der Waals surface area (Å²) in [6.07, 6.45) is 5.55. The summed E-state index contributed by atoms with van der Waals surface area (Å²) in [6.45, 7) is 4.10. The van der Waals surface area contributed by atoms with Crippen molar-refractivity contribution in [2.75, 3.05) is 0 Å². The Labute approximate surface area is 130 Å². The zero-order valence-electron chi connectivity index (χ0n) is 12.7. The fourth-order valence-corrected chi connectivity index (χ4v) is 2.62. The molecule has 0 saturated carbocycles. The first-order chi connectivity index (χ1) is 10.8. The smallest absolute Gasteiger partial charge is 0.114 e. The molecule has 0 amide bonds. The molecule has 0 spiro atoms. The van der Waals surface area contributed by atoms with E-state index in [2.05, 4.69) is 33.2 Å². The molecule has 0 aliphatic heterocycles. The maximum atomic E-state index is 4.47. The summed E-state index contributed by atoms with van der Waals surface area (Å²) in [5, 5.41) is 7.35. The third kappa shape index (κ3) is 2.68. The van der Waals surface area contributed by atoms with Crippen molar-refractivity contribution < 1.29 is 0 Å². The maximum Gasteiger partial charge on any atom is 0.114 e. The van der Waals surface area contributed by atoms with Crippen molar-refractivity contribution in [3.05, 3.63) is 66.0 Å². The molecule has 22 heavy (non-hydrogen) atoms. The minimum atomic E-state index is 0.177. The van der Waals surface area contributed by atoms with Crippen LogP contribution in [0, 0.1) is 0 Å². The van der Waals surface area contributed by atoms with Gasteiger partial charge in [-0.25, -0.2) is 0 Å². The van der Waals surface area contributed by atoms with Gasteiger partial charge in [0, 0.05) is 30.1 Å². The van der Waals surface area contributed by atoms with Crippen LogP contribution in [0.2, 0.25) is 0 Å². The molecular formula is C18H18N4. The second-order valence-corrected chi connectivity index (χ2v) is 5.07. The van der Waals surface area contributed by atoms with Gasteiger partial charge in [0.25, 0.3) is 0 Å². The average Bonchev–Trinajstić information content (AvgIpc) is 3.05. The van der Waals surface area contributed by atoms with E-state index >= 15 is 0 Å². The lowest BCUT2D eigenvalue weighted by molar-refractivity contribution is 0.924. The number of pyridine rings is 1. The first-order valence-electron chi connectivity index (χ1n) is 7.34. The number of nitrogens with one attached hydrogen (secondary N) is 1. The van der Waals surface area contributed by atoms with Crippen molar-refractivity contribution in [1.82, 2.24) is 15.2 Å². The van der Waals surface area contributed by atoms with Crippen molar-refractivity contribution in [3.63, 3.8) is 0 Å². The SMILES string of the molecule is C/C=N\c1ccccc1C(C)c1c[nH]nc1-c1ccccn1. The minimum absolute atomic E-state index is 0.177. The van der Waals surface area contributed by atoms with Crippen LogP contribution in [-0.4, -0.2) is 21.4 Å². The molecule has 3 aromatic rings. The number of aromatic amines is 1. The quantitative estimate of drug-likeness (QED) is 0.726. The van der Waals surface area contributed by atoms with E-state index in [9.17, 15) is 0 Å².